The zero-order valence-corrected chi connectivity index (χ0v) is 36.5. The first-order valence-electron chi connectivity index (χ1n) is 23.2. The largest absolute Gasteiger partial charge is 0.459 e. The molecule has 0 aromatic heterocycles. The molecular weight excluding hydrogens is 781 g/mol. The fraction of sp³-hybridized carbons (Fsp3) is 0.519. The molecule has 2 saturated carbocycles. The van der Waals surface area contributed by atoms with E-state index in [0.717, 1.165) is 67.2 Å². The summed E-state index contributed by atoms with van der Waals surface area (Å²) >= 11 is 0. The van der Waals surface area contributed by atoms with E-state index in [1.807, 2.05) is 53.4 Å². The summed E-state index contributed by atoms with van der Waals surface area (Å²) in [6, 6.07) is 22.5. The van der Waals surface area contributed by atoms with E-state index in [1.54, 1.807) is 24.3 Å². The minimum Gasteiger partial charge on any atom is -0.459 e. The van der Waals surface area contributed by atoms with Crippen molar-refractivity contribution in [3.05, 3.63) is 114 Å². The topological polar surface area (TPSA) is 127 Å². The summed E-state index contributed by atoms with van der Waals surface area (Å²) < 4.78 is 21.1. The fourth-order valence-electron chi connectivity index (χ4n) is 10.7. The lowest BCUT2D eigenvalue weighted by Crippen LogP contribution is -2.70. The lowest BCUT2D eigenvalue weighted by atomic mass is 9.55. The number of nitrogens with zero attached hydrogens (tertiary/aromatic N) is 2. The molecule has 0 saturated heterocycles. The minimum atomic E-state index is -1.31. The van der Waals surface area contributed by atoms with Crippen LogP contribution in [0.25, 0.3) is 0 Å². The van der Waals surface area contributed by atoms with Gasteiger partial charge in [-0.3, -0.25) is 9.59 Å². The van der Waals surface area contributed by atoms with E-state index in [0.29, 0.717) is 67.6 Å². The highest BCUT2D eigenvalue weighted by Gasteiger charge is 2.65. The maximum absolute atomic E-state index is 14.8. The van der Waals surface area contributed by atoms with Gasteiger partial charge in [0, 0.05) is 49.6 Å². The minimum absolute atomic E-state index is 0.0833. The Morgan fingerprint density at radius 1 is 0.952 bits per heavy atom. The van der Waals surface area contributed by atoms with Crippen molar-refractivity contribution < 1.29 is 38.9 Å². The quantitative estimate of drug-likeness (QED) is 0.0418. The summed E-state index contributed by atoms with van der Waals surface area (Å²) in [5, 5.41) is 24.9. The van der Waals surface area contributed by atoms with Crippen molar-refractivity contribution in [1.29, 1.82) is 0 Å². The predicted molar refractivity (Wildman–Crippen MR) is 241 cm³/mol. The zero-order valence-electron chi connectivity index (χ0n) is 36.5. The SMILES string of the molecule is C=CCO[C@@]12Oc3ccc(Oc4cccc(C=O)c4)cc3[C@H]3[C@H](CCCCO)[C@@H](CCCCO)C=C(C(=NOCc4ccccc4)C[C@@H]1N(CCC)C(=O)CCC1CCCC1)[C@H]32. The summed E-state index contributed by atoms with van der Waals surface area (Å²) in [5.41, 5.74) is 4.29. The molecular formula is C52H66N2O8. The van der Waals surface area contributed by atoms with E-state index in [1.165, 1.54) is 25.7 Å². The number of unbranched alkanes of at least 4 members (excludes halogenated alkanes) is 2. The van der Waals surface area contributed by atoms with Gasteiger partial charge in [-0.05, 0) is 97.7 Å². The number of hydrogen-bond donors (Lipinski definition) is 2. The highest BCUT2D eigenvalue weighted by atomic mass is 16.7. The molecule has 0 bridgehead atoms. The molecule has 332 valence electrons. The molecule has 0 spiro atoms. The molecule has 3 aliphatic carbocycles. The summed E-state index contributed by atoms with van der Waals surface area (Å²) in [7, 11) is 0. The number of amides is 1. The van der Waals surface area contributed by atoms with Gasteiger partial charge < -0.3 is 34.2 Å². The first kappa shape index (κ1) is 45.3. The van der Waals surface area contributed by atoms with Crippen LogP contribution < -0.4 is 9.47 Å². The van der Waals surface area contributed by atoms with Crippen LogP contribution in [-0.4, -0.2) is 71.2 Å². The predicted octanol–water partition coefficient (Wildman–Crippen LogP) is 10.3. The van der Waals surface area contributed by atoms with Crippen LogP contribution in [0.1, 0.15) is 124 Å². The number of allylic oxidation sites excluding steroid dienone is 1. The van der Waals surface area contributed by atoms with E-state index < -0.39 is 17.7 Å². The molecule has 3 aromatic carbocycles. The Kier molecular flexibility index (Phi) is 16.1. The zero-order chi connectivity index (χ0) is 43.3. The van der Waals surface area contributed by atoms with Gasteiger partial charge >= 0.3 is 0 Å². The molecule has 4 aliphatic rings. The van der Waals surface area contributed by atoms with Crippen LogP contribution in [-0.2, 0) is 21.0 Å². The molecule has 0 radical (unpaired) electrons. The number of ether oxygens (including phenoxy) is 3. The smallest absolute Gasteiger partial charge is 0.239 e. The second-order valence-corrected chi connectivity index (χ2v) is 17.6. The summed E-state index contributed by atoms with van der Waals surface area (Å²) in [6.07, 6.45) is 16.9. The van der Waals surface area contributed by atoms with Gasteiger partial charge in [0.1, 0.15) is 36.2 Å². The van der Waals surface area contributed by atoms with Crippen LogP contribution in [0.15, 0.2) is 102 Å². The Hall–Kier alpha value is -4.77. The van der Waals surface area contributed by atoms with Crippen molar-refractivity contribution in [2.75, 3.05) is 26.4 Å². The highest BCUT2D eigenvalue weighted by Crippen LogP contribution is 2.62. The van der Waals surface area contributed by atoms with Crippen LogP contribution >= 0.6 is 0 Å². The molecule has 0 unspecified atom stereocenters. The van der Waals surface area contributed by atoms with E-state index in [2.05, 4.69) is 25.6 Å². The number of oxime groups is 1. The van der Waals surface area contributed by atoms with Crippen molar-refractivity contribution in [1.82, 2.24) is 4.90 Å². The Bertz CT molecular complexity index is 2010. The van der Waals surface area contributed by atoms with Crippen molar-refractivity contribution >= 4 is 17.9 Å². The Labute approximate surface area is 368 Å². The normalized spacial score (nSPS) is 24.7. The molecule has 2 N–H and O–H groups in total. The molecule has 62 heavy (non-hydrogen) atoms. The Morgan fingerprint density at radius 2 is 1.73 bits per heavy atom. The van der Waals surface area contributed by atoms with Gasteiger partial charge in [-0.15, -0.1) is 6.58 Å². The molecule has 10 heteroatoms. The van der Waals surface area contributed by atoms with Gasteiger partial charge in [0.25, 0.3) is 0 Å². The van der Waals surface area contributed by atoms with E-state index in [-0.39, 0.29) is 43.5 Å². The maximum Gasteiger partial charge on any atom is 0.239 e. The average molecular weight is 847 g/mol. The third kappa shape index (κ3) is 10.4. The number of carbonyl (C=O) groups is 2. The van der Waals surface area contributed by atoms with Gasteiger partial charge in [-0.25, -0.2) is 0 Å². The average Bonchev–Trinajstić information content (AvgIpc) is 3.83. The van der Waals surface area contributed by atoms with E-state index >= 15 is 0 Å². The number of aldehydes is 1. The molecule has 7 rings (SSSR count). The van der Waals surface area contributed by atoms with Gasteiger partial charge in [-0.1, -0.05) is 105 Å². The molecule has 3 aromatic rings. The first-order valence-corrected chi connectivity index (χ1v) is 23.2. The third-order valence-electron chi connectivity index (χ3n) is 13.5. The monoisotopic (exact) mass is 846 g/mol. The molecule has 1 amide bonds. The van der Waals surface area contributed by atoms with Gasteiger partial charge in [0.05, 0.1) is 18.2 Å². The second-order valence-electron chi connectivity index (χ2n) is 17.6. The highest BCUT2D eigenvalue weighted by molar-refractivity contribution is 6.03. The number of fused-ring (bicyclic) bond motifs is 2. The van der Waals surface area contributed by atoms with E-state index in [9.17, 15) is 19.8 Å². The van der Waals surface area contributed by atoms with Crippen molar-refractivity contribution in [2.45, 2.75) is 121 Å². The summed E-state index contributed by atoms with van der Waals surface area (Å²) in [5.74, 6) is 0.803. The van der Waals surface area contributed by atoms with Gasteiger partial charge in [0.2, 0.25) is 11.7 Å². The first-order chi connectivity index (χ1) is 30.4. The summed E-state index contributed by atoms with van der Waals surface area (Å²) in [4.78, 5) is 34.8. The van der Waals surface area contributed by atoms with E-state index in [4.69, 9.17) is 24.2 Å². The third-order valence-corrected chi connectivity index (χ3v) is 13.5. The second kappa shape index (κ2) is 22.0. The standard InChI is InChI=1S/C52H66N2O8/c1-3-27-54(49(58)26-23-37-15-8-9-16-37)48-34-46(53-60-36-38-17-6-5-7-18-38)44-32-40(20-10-12-28-55)43(22-11-13-29-56)50-45-33-42(61-41-21-14-19-39(31-41)35-57)24-25-47(45)62-52(48,51(44)50)59-30-4-2/h4-7,14,17-19,21,24-25,31-33,35,37,40,43,48,50-51,55-56H,2-3,8-13,15-16,20,22-23,26-30,34,36H2,1H3/t40-,43+,48-,50+,51+,52+/m0/s1. The Balaban J connectivity index is 1.40. The molecule has 1 heterocycles. The van der Waals surface area contributed by atoms with Crippen molar-refractivity contribution in [3.8, 4) is 17.2 Å². The number of benzene rings is 3. The van der Waals surface area contributed by atoms with Crippen LogP contribution in [0, 0.1) is 23.7 Å². The van der Waals surface area contributed by atoms with Crippen LogP contribution in [0.5, 0.6) is 17.2 Å². The lowest BCUT2D eigenvalue weighted by molar-refractivity contribution is -0.257. The number of aliphatic hydroxyl groups is 2. The van der Waals surface area contributed by atoms with Crippen molar-refractivity contribution in [3.63, 3.8) is 0 Å². The molecule has 1 aliphatic heterocycles. The number of aliphatic hydroxyl groups excluding tert-OH is 2. The molecule has 10 nitrogen and oxygen atoms in total. The van der Waals surface area contributed by atoms with Crippen LogP contribution in [0.4, 0.5) is 0 Å². The van der Waals surface area contributed by atoms with Gasteiger partial charge in [-0.2, -0.15) is 0 Å². The Morgan fingerprint density at radius 3 is 2.47 bits per heavy atom. The number of hydrogen-bond acceptors (Lipinski definition) is 9. The summed E-state index contributed by atoms with van der Waals surface area (Å²) in [6.45, 7) is 7.45. The van der Waals surface area contributed by atoms with Crippen molar-refractivity contribution in [2.24, 2.45) is 28.8 Å². The lowest BCUT2D eigenvalue weighted by Gasteiger charge is -2.60. The molecule has 2 fully saturated rings. The van der Waals surface area contributed by atoms with Gasteiger partial charge in [0.15, 0.2) is 0 Å². The van der Waals surface area contributed by atoms with Crippen LogP contribution in [0.3, 0.4) is 0 Å². The molecule has 6 atom stereocenters. The number of rotatable bonds is 23. The van der Waals surface area contributed by atoms with Crippen LogP contribution in [0.2, 0.25) is 0 Å². The maximum atomic E-state index is 14.8. The number of carbonyl (C=O) groups excluding carboxylic acids is 2. The fourth-order valence-corrected chi connectivity index (χ4v) is 10.7.